The van der Waals surface area contributed by atoms with Crippen molar-refractivity contribution in [1.82, 2.24) is 4.90 Å². The second-order valence-corrected chi connectivity index (χ2v) is 6.56. The van der Waals surface area contributed by atoms with E-state index in [2.05, 4.69) is 0 Å². The van der Waals surface area contributed by atoms with Crippen LogP contribution in [0.15, 0.2) is 17.0 Å². The van der Waals surface area contributed by atoms with Gasteiger partial charge < -0.3 is 9.64 Å². The Labute approximate surface area is 126 Å². The lowest BCUT2D eigenvalue weighted by molar-refractivity contribution is 0.0303. The molecule has 0 spiro atoms. The Bertz CT molecular complexity index is 642. The average Bonchev–Trinajstić information content (AvgIpc) is 2.37. The standard InChI is InChI=1S/C11H12Cl2N2O4S/c12-8-6-9(13)10(20(14,17)18)5-7(8)11(16)15-1-3-19-4-2-15/h5-6H,1-4H2,(H2,14,17,18). The van der Waals surface area contributed by atoms with Gasteiger partial charge in [0.2, 0.25) is 10.0 Å². The van der Waals surface area contributed by atoms with Gasteiger partial charge in [0, 0.05) is 13.1 Å². The van der Waals surface area contributed by atoms with Crippen LogP contribution in [-0.4, -0.2) is 45.5 Å². The highest BCUT2D eigenvalue weighted by Gasteiger charge is 2.24. The van der Waals surface area contributed by atoms with Crippen molar-refractivity contribution in [2.24, 2.45) is 5.14 Å². The minimum absolute atomic E-state index is 0.0574. The van der Waals surface area contributed by atoms with E-state index in [1.54, 1.807) is 0 Å². The van der Waals surface area contributed by atoms with Gasteiger partial charge in [0.05, 0.1) is 28.8 Å². The van der Waals surface area contributed by atoms with Gasteiger partial charge in [-0.3, -0.25) is 4.79 Å². The van der Waals surface area contributed by atoms with Crippen molar-refractivity contribution < 1.29 is 17.9 Å². The van der Waals surface area contributed by atoms with Gasteiger partial charge in [0.25, 0.3) is 5.91 Å². The summed E-state index contributed by atoms with van der Waals surface area (Å²) in [6, 6.07) is 2.31. The third-order valence-corrected chi connectivity index (χ3v) is 4.55. The van der Waals surface area contributed by atoms with Crippen LogP contribution in [0, 0.1) is 0 Å². The molecule has 20 heavy (non-hydrogen) atoms. The first-order valence-electron chi connectivity index (χ1n) is 5.69. The largest absolute Gasteiger partial charge is 0.378 e. The molecule has 0 aromatic heterocycles. The number of primary sulfonamides is 1. The number of amides is 1. The van der Waals surface area contributed by atoms with Crippen LogP contribution >= 0.6 is 23.2 Å². The second kappa shape index (κ2) is 5.87. The SMILES string of the molecule is NS(=O)(=O)c1cc(C(=O)N2CCOCC2)c(Cl)cc1Cl. The van der Waals surface area contributed by atoms with Crippen LogP contribution in [0.25, 0.3) is 0 Å². The quantitative estimate of drug-likeness (QED) is 0.874. The molecule has 0 saturated carbocycles. The predicted octanol–water partition coefficient (Wildman–Crippen LogP) is 1.11. The number of ether oxygens (including phenoxy) is 1. The summed E-state index contributed by atoms with van der Waals surface area (Å²) in [6.45, 7) is 1.70. The van der Waals surface area contributed by atoms with Crippen molar-refractivity contribution in [2.45, 2.75) is 4.90 Å². The molecule has 1 aromatic rings. The molecule has 0 atom stereocenters. The Hall–Kier alpha value is -0.860. The molecule has 1 heterocycles. The number of carbonyl (C=O) groups is 1. The molecule has 1 saturated heterocycles. The first-order valence-corrected chi connectivity index (χ1v) is 8.00. The number of morpholine rings is 1. The van der Waals surface area contributed by atoms with E-state index in [0.717, 1.165) is 6.07 Å². The number of sulfonamides is 1. The van der Waals surface area contributed by atoms with Crippen molar-refractivity contribution in [3.05, 3.63) is 27.7 Å². The minimum atomic E-state index is -4.02. The highest BCUT2D eigenvalue weighted by Crippen LogP contribution is 2.29. The molecule has 1 aliphatic rings. The van der Waals surface area contributed by atoms with E-state index in [1.807, 2.05) is 0 Å². The van der Waals surface area contributed by atoms with Crippen LogP contribution < -0.4 is 5.14 Å². The molecule has 110 valence electrons. The maximum Gasteiger partial charge on any atom is 0.255 e. The average molecular weight is 339 g/mol. The van der Waals surface area contributed by atoms with Crippen LogP contribution in [-0.2, 0) is 14.8 Å². The van der Waals surface area contributed by atoms with Gasteiger partial charge in [-0.2, -0.15) is 0 Å². The van der Waals surface area contributed by atoms with Crippen LogP contribution in [0.2, 0.25) is 10.0 Å². The fourth-order valence-corrected chi connectivity index (χ4v) is 3.25. The van der Waals surface area contributed by atoms with E-state index in [-0.39, 0.29) is 26.4 Å². The lowest BCUT2D eigenvalue weighted by atomic mass is 10.2. The predicted molar refractivity (Wildman–Crippen MR) is 74.6 cm³/mol. The summed E-state index contributed by atoms with van der Waals surface area (Å²) in [5.74, 6) is -0.375. The minimum Gasteiger partial charge on any atom is -0.378 e. The van der Waals surface area contributed by atoms with Crippen molar-refractivity contribution in [2.75, 3.05) is 26.3 Å². The fourth-order valence-electron chi connectivity index (χ4n) is 1.85. The Morgan fingerprint density at radius 1 is 1.20 bits per heavy atom. The Morgan fingerprint density at radius 2 is 1.80 bits per heavy atom. The third-order valence-electron chi connectivity index (χ3n) is 2.86. The summed E-state index contributed by atoms with van der Waals surface area (Å²) in [6.07, 6.45) is 0. The zero-order valence-electron chi connectivity index (χ0n) is 10.3. The molecule has 0 aliphatic carbocycles. The van der Waals surface area contributed by atoms with Crippen LogP contribution in [0.4, 0.5) is 0 Å². The Balaban J connectivity index is 2.43. The zero-order valence-corrected chi connectivity index (χ0v) is 12.6. The first-order chi connectivity index (χ1) is 9.30. The number of hydrogen-bond donors (Lipinski definition) is 1. The number of hydrogen-bond acceptors (Lipinski definition) is 4. The van der Waals surface area contributed by atoms with E-state index in [0.29, 0.717) is 26.3 Å². The molecule has 1 amide bonds. The molecule has 2 N–H and O–H groups in total. The highest BCUT2D eigenvalue weighted by molar-refractivity contribution is 7.89. The van der Waals surface area contributed by atoms with Gasteiger partial charge in [-0.15, -0.1) is 0 Å². The summed E-state index contributed by atoms with van der Waals surface area (Å²) in [5, 5.41) is 5.02. The van der Waals surface area contributed by atoms with Gasteiger partial charge in [0.15, 0.2) is 0 Å². The van der Waals surface area contributed by atoms with Gasteiger partial charge in [-0.05, 0) is 12.1 Å². The number of nitrogens with zero attached hydrogens (tertiary/aromatic N) is 1. The maximum atomic E-state index is 12.3. The van der Waals surface area contributed by atoms with Crippen molar-refractivity contribution in [3.63, 3.8) is 0 Å². The Morgan fingerprint density at radius 3 is 2.35 bits per heavy atom. The number of carbonyl (C=O) groups excluding carboxylic acids is 1. The lowest BCUT2D eigenvalue weighted by Crippen LogP contribution is -2.40. The van der Waals surface area contributed by atoms with Gasteiger partial charge in [-0.25, -0.2) is 13.6 Å². The van der Waals surface area contributed by atoms with Gasteiger partial charge in [-0.1, -0.05) is 23.2 Å². The summed E-state index contributed by atoms with van der Waals surface area (Å²) in [7, 11) is -4.02. The number of benzene rings is 1. The smallest absolute Gasteiger partial charge is 0.255 e. The number of nitrogens with two attached hydrogens (primary N) is 1. The van der Waals surface area contributed by atoms with Crippen LogP contribution in [0.3, 0.4) is 0 Å². The maximum absolute atomic E-state index is 12.3. The molecule has 0 bridgehead atoms. The number of rotatable bonds is 2. The summed E-state index contributed by atoms with van der Waals surface area (Å²) in [5.41, 5.74) is 0.0574. The number of halogens is 2. The van der Waals surface area contributed by atoms with Gasteiger partial charge in [0.1, 0.15) is 4.90 Å². The topological polar surface area (TPSA) is 89.7 Å². The summed E-state index contributed by atoms with van der Waals surface area (Å²) >= 11 is 11.8. The van der Waals surface area contributed by atoms with Crippen molar-refractivity contribution >= 4 is 39.1 Å². The van der Waals surface area contributed by atoms with E-state index >= 15 is 0 Å². The molecule has 9 heteroatoms. The molecule has 1 aliphatic heterocycles. The van der Waals surface area contributed by atoms with E-state index in [9.17, 15) is 13.2 Å². The van der Waals surface area contributed by atoms with Gasteiger partial charge >= 0.3 is 0 Å². The second-order valence-electron chi connectivity index (χ2n) is 4.21. The van der Waals surface area contributed by atoms with E-state index in [4.69, 9.17) is 33.1 Å². The molecule has 0 unspecified atom stereocenters. The summed E-state index contributed by atoms with van der Waals surface area (Å²) in [4.78, 5) is 13.5. The lowest BCUT2D eigenvalue weighted by Gasteiger charge is -2.27. The van der Waals surface area contributed by atoms with Crippen LogP contribution in [0.1, 0.15) is 10.4 Å². The Kier molecular flexibility index (Phi) is 4.55. The summed E-state index contributed by atoms with van der Waals surface area (Å²) < 4.78 is 28.0. The molecule has 0 radical (unpaired) electrons. The van der Waals surface area contributed by atoms with Crippen molar-refractivity contribution in [3.8, 4) is 0 Å². The molecule has 1 aromatic carbocycles. The third kappa shape index (κ3) is 3.24. The van der Waals surface area contributed by atoms with E-state index < -0.39 is 10.0 Å². The van der Waals surface area contributed by atoms with Crippen molar-refractivity contribution in [1.29, 1.82) is 0 Å². The molecule has 2 rings (SSSR count). The first kappa shape index (κ1) is 15.5. The normalized spacial score (nSPS) is 16.2. The van der Waals surface area contributed by atoms with Crippen LogP contribution in [0.5, 0.6) is 0 Å². The molecule has 6 nitrogen and oxygen atoms in total. The highest BCUT2D eigenvalue weighted by atomic mass is 35.5. The van der Waals surface area contributed by atoms with E-state index in [1.165, 1.54) is 11.0 Å². The monoisotopic (exact) mass is 338 g/mol. The fraction of sp³-hybridized carbons (Fsp3) is 0.364. The molecular formula is C11H12Cl2N2O4S. The zero-order chi connectivity index (χ0) is 14.9. The molecular weight excluding hydrogens is 327 g/mol. The molecule has 1 fully saturated rings.